The van der Waals surface area contributed by atoms with E-state index in [0.717, 1.165) is 13.1 Å². The normalized spacial score (nSPS) is 27.7. The van der Waals surface area contributed by atoms with Crippen LogP contribution in [0.25, 0.3) is 0 Å². The van der Waals surface area contributed by atoms with Gasteiger partial charge in [-0.05, 0) is 32.4 Å². The van der Waals surface area contributed by atoms with E-state index in [-0.39, 0.29) is 0 Å². The van der Waals surface area contributed by atoms with Gasteiger partial charge >= 0.3 is 0 Å². The van der Waals surface area contributed by atoms with Crippen molar-refractivity contribution in [3.63, 3.8) is 0 Å². The molecule has 1 atom stereocenters. The zero-order valence-electron chi connectivity index (χ0n) is 9.18. The Bertz CT molecular complexity index is 231. The number of hydrogen-bond acceptors (Lipinski definition) is 3. The van der Waals surface area contributed by atoms with Gasteiger partial charge in [0.25, 0.3) is 0 Å². The number of thioether (sulfide) groups is 1. The molecule has 1 N–H and O–H groups in total. The van der Waals surface area contributed by atoms with Crippen molar-refractivity contribution in [2.45, 2.75) is 38.6 Å². The quantitative estimate of drug-likeness (QED) is 0.759. The molecule has 2 heterocycles. The van der Waals surface area contributed by atoms with Crippen LogP contribution in [0.2, 0.25) is 0 Å². The molecule has 0 saturated carbocycles. The molecule has 2 aliphatic rings. The molecule has 1 saturated heterocycles. The zero-order chi connectivity index (χ0) is 10.0. The highest BCUT2D eigenvalue weighted by molar-refractivity contribution is 8.14. The molecule has 0 aromatic rings. The van der Waals surface area contributed by atoms with Crippen LogP contribution in [0.5, 0.6) is 0 Å². The summed E-state index contributed by atoms with van der Waals surface area (Å²) in [5.41, 5.74) is 0.314. The molecule has 0 aromatic carbocycles. The molecule has 80 valence electrons. The number of nitrogens with zero attached hydrogens (tertiary/aromatic N) is 1. The summed E-state index contributed by atoms with van der Waals surface area (Å²) in [5.74, 6) is 1.91. The maximum absolute atomic E-state index is 4.99. The van der Waals surface area contributed by atoms with Crippen molar-refractivity contribution >= 4 is 16.8 Å². The van der Waals surface area contributed by atoms with Crippen LogP contribution >= 0.6 is 11.8 Å². The van der Waals surface area contributed by atoms with E-state index in [2.05, 4.69) is 19.2 Å². The fourth-order valence-corrected chi connectivity index (χ4v) is 3.56. The number of hydrogen-bond donors (Lipinski definition) is 1. The molecule has 2 aliphatic heterocycles. The second kappa shape index (κ2) is 4.23. The maximum atomic E-state index is 4.99. The SMILES string of the molecule is CCC(C)C1=NC2(CCNCC2)CS1. The number of rotatable bonds is 2. The van der Waals surface area contributed by atoms with Gasteiger partial charge < -0.3 is 5.32 Å². The average Bonchev–Trinajstić information content (AvgIpc) is 2.62. The van der Waals surface area contributed by atoms with Gasteiger partial charge in [-0.2, -0.15) is 0 Å². The van der Waals surface area contributed by atoms with E-state index in [1.807, 2.05) is 11.8 Å². The van der Waals surface area contributed by atoms with Gasteiger partial charge in [-0.1, -0.05) is 13.8 Å². The van der Waals surface area contributed by atoms with Gasteiger partial charge in [0.1, 0.15) is 0 Å². The molecular formula is C11H20N2S. The fraction of sp³-hybridized carbons (Fsp3) is 0.909. The van der Waals surface area contributed by atoms with Crippen LogP contribution in [0.4, 0.5) is 0 Å². The van der Waals surface area contributed by atoms with Crippen LogP contribution in [0.3, 0.4) is 0 Å². The van der Waals surface area contributed by atoms with E-state index in [1.54, 1.807) is 0 Å². The summed E-state index contributed by atoms with van der Waals surface area (Å²) in [4.78, 5) is 4.99. The lowest BCUT2D eigenvalue weighted by atomic mass is 9.91. The summed E-state index contributed by atoms with van der Waals surface area (Å²) in [6.07, 6.45) is 3.69. The Balaban J connectivity index is 2.05. The zero-order valence-corrected chi connectivity index (χ0v) is 9.99. The molecule has 1 unspecified atom stereocenters. The van der Waals surface area contributed by atoms with Crippen LogP contribution in [0.1, 0.15) is 33.1 Å². The maximum Gasteiger partial charge on any atom is 0.0735 e. The average molecular weight is 212 g/mol. The Morgan fingerprint density at radius 2 is 2.21 bits per heavy atom. The first-order valence-corrected chi connectivity index (χ1v) is 6.67. The molecule has 2 nitrogen and oxygen atoms in total. The molecule has 1 fully saturated rings. The summed E-state index contributed by atoms with van der Waals surface area (Å²) >= 11 is 2.00. The largest absolute Gasteiger partial charge is 0.317 e. The summed E-state index contributed by atoms with van der Waals surface area (Å²) < 4.78 is 0. The first-order valence-electron chi connectivity index (χ1n) is 5.69. The van der Waals surface area contributed by atoms with Crippen LogP contribution in [0.15, 0.2) is 4.99 Å². The van der Waals surface area contributed by atoms with Gasteiger partial charge in [0.2, 0.25) is 0 Å². The molecule has 2 rings (SSSR count). The van der Waals surface area contributed by atoms with E-state index in [9.17, 15) is 0 Å². The van der Waals surface area contributed by atoms with E-state index < -0.39 is 0 Å². The molecule has 1 spiro atoms. The Morgan fingerprint density at radius 1 is 1.50 bits per heavy atom. The van der Waals surface area contributed by atoms with Gasteiger partial charge in [-0.15, -0.1) is 11.8 Å². The summed E-state index contributed by atoms with van der Waals surface area (Å²) in [7, 11) is 0. The van der Waals surface area contributed by atoms with E-state index in [0.29, 0.717) is 11.5 Å². The molecule has 0 aromatic heterocycles. The van der Waals surface area contributed by atoms with Crippen molar-refractivity contribution in [1.29, 1.82) is 0 Å². The highest BCUT2D eigenvalue weighted by atomic mass is 32.2. The number of piperidine rings is 1. The van der Waals surface area contributed by atoms with Crippen molar-refractivity contribution < 1.29 is 0 Å². The highest BCUT2D eigenvalue weighted by Gasteiger charge is 2.37. The van der Waals surface area contributed by atoms with Crippen LogP contribution < -0.4 is 5.32 Å². The second-order valence-corrected chi connectivity index (χ2v) is 5.52. The third-order valence-electron chi connectivity index (χ3n) is 3.40. The van der Waals surface area contributed by atoms with Crippen molar-refractivity contribution in [3.8, 4) is 0 Å². The van der Waals surface area contributed by atoms with Crippen molar-refractivity contribution in [1.82, 2.24) is 5.32 Å². The third kappa shape index (κ3) is 1.98. The van der Waals surface area contributed by atoms with E-state index in [4.69, 9.17) is 4.99 Å². The minimum absolute atomic E-state index is 0.314. The third-order valence-corrected chi connectivity index (χ3v) is 4.88. The van der Waals surface area contributed by atoms with E-state index in [1.165, 1.54) is 30.1 Å². The van der Waals surface area contributed by atoms with Gasteiger partial charge in [-0.3, -0.25) is 4.99 Å². The van der Waals surface area contributed by atoms with E-state index >= 15 is 0 Å². The number of nitrogens with one attached hydrogen (secondary N) is 1. The van der Waals surface area contributed by atoms with Gasteiger partial charge in [-0.25, -0.2) is 0 Å². The predicted molar refractivity (Wildman–Crippen MR) is 64.2 cm³/mol. The molecular weight excluding hydrogens is 192 g/mol. The highest BCUT2D eigenvalue weighted by Crippen LogP contribution is 2.37. The van der Waals surface area contributed by atoms with Crippen molar-refractivity contribution in [3.05, 3.63) is 0 Å². The Kier molecular flexibility index (Phi) is 3.17. The standard InChI is InChI=1S/C11H20N2S/c1-3-9(2)10-13-11(8-14-10)4-6-12-7-5-11/h9,12H,3-8H2,1-2H3. The van der Waals surface area contributed by atoms with Crippen molar-refractivity contribution in [2.75, 3.05) is 18.8 Å². The summed E-state index contributed by atoms with van der Waals surface area (Å²) in [6.45, 7) is 6.85. The minimum Gasteiger partial charge on any atom is -0.317 e. The minimum atomic E-state index is 0.314. The molecule has 0 bridgehead atoms. The first kappa shape index (κ1) is 10.5. The van der Waals surface area contributed by atoms with Crippen LogP contribution in [-0.2, 0) is 0 Å². The topological polar surface area (TPSA) is 24.4 Å². The predicted octanol–water partition coefficient (Wildman–Crippen LogP) is 2.30. The van der Waals surface area contributed by atoms with Gasteiger partial charge in [0.15, 0.2) is 0 Å². The summed E-state index contributed by atoms with van der Waals surface area (Å²) in [6, 6.07) is 0. The summed E-state index contributed by atoms with van der Waals surface area (Å²) in [5, 5.41) is 4.83. The lowest BCUT2D eigenvalue weighted by Gasteiger charge is -2.30. The van der Waals surface area contributed by atoms with Crippen LogP contribution in [0, 0.1) is 5.92 Å². The Hall–Kier alpha value is -0.0200. The van der Waals surface area contributed by atoms with Gasteiger partial charge in [0.05, 0.1) is 10.6 Å². The monoisotopic (exact) mass is 212 g/mol. The molecule has 0 radical (unpaired) electrons. The Labute approximate surface area is 90.9 Å². The Morgan fingerprint density at radius 3 is 2.86 bits per heavy atom. The molecule has 3 heteroatoms. The lowest BCUT2D eigenvalue weighted by molar-refractivity contribution is 0.349. The smallest absolute Gasteiger partial charge is 0.0735 e. The molecule has 0 aliphatic carbocycles. The van der Waals surface area contributed by atoms with Crippen molar-refractivity contribution in [2.24, 2.45) is 10.9 Å². The molecule has 14 heavy (non-hydrogen) atoms. The lowest BCUT2D eigenvalue weighted by Crippen LogP contribution is -2.40. The first-order chi connectivity index (χ1) is 6.76. The number of aliphatic imine (C=N–C) groups is 1. The second-order valence-electron chi connectivity index (χ2n) is 4.52. The fourth-order valence-electron chi connectivity index (χ4n) is 2.08. The van der Waals surface area contributed by atoms with Gasteiger partial charge in [0, 0.05) is 11.7 Å². The van der Waals surface area contributed by atoms with Crippen LogP contribution in [-0.4, -0.2) is 29.4 Å². The molecule has 0 amide bonds.